The van der Waals surface area contributed by atoms with E-state index in [0.29, 0.717) is 17.2 Å². The lowest BCUT2D eigenvalue weighted by atomic mass is 9.78. The van der Waals surface area contributed by atoms with Crippen molar-refractivity contribution in [1.82, 2.24) is 4.98 Å². The molecule has 1 heterocycles. The van der Waals surface area contributed by atoms with Gasteiger partial charge in [-0.15, -0.1) is 11.3 Å². The summed E-state index contributed by atoms with van der Waals surface area (Å²) in [7, 11) is 0. The van der Waals surface area contributed by atoms with Crippen molar-refractivity contribution >= 4 is 28.4 Å². The number of nitrogens with zero attached hydrogens (tertiary/aromatic N) is 1. The van der Waals surface area contributed by atoms with Gasteiger partial charge in [0.25, 0.3) is 0 Å². The van der Waals surface area contributed by atoms with Gasteiger partial charge in [0.15, 0.2) is 5.13 Å². The first-order valence-electron chi connectivity index (χ1n) is 6.04. The fraction of sp³-hybridized carbons (Fsp3) is 0.583. The quantitative estimate of drug-likeness (QED) is 0.730. The number of carbonyl (C=O) groups excluding carboxylic acids is 2. The monoisotopic (exact) mass is 285 g/mol. The SMILES string of the molecule is CCOC(=O)[C@@](CC)(CCC(=O)[O-])c1csc(N)n1. The Kier molecular flexibility index (Phi) is 5.29. The average Bonchev–Trinajstić information content (AvgIpc) is 2.78. The van der Waals surface area contributed by atoms with Crippen molar-refractivity contribution in [2.24, 2.45) is 0 Å². The Morgan fingerprint density at radius 3 is 2.63 bits per heavy atom. The first-order chi connectivity index (χ1) is 8.96. The third-order valence-electron chi connectivity index (χ3n) is 3.04. The maximum Gasteiger partial charge on any atom is 0.318 e. The first-order valence-corrected chi connectivity index (χ1v) is 6.92. The fourth-order valence-electron chi connectivity index (χ4n) is 1.93. The molecule has 0 radical (unpaired) electrons. The second kappa shape index (κ2) is 6.51. The lowest BCUT2D eigenvalue weighted by Gasteiger charge is -2.28. The van der Waals surface area contributed by atoms with Gasteiger partial charge >= 0.3 is 5.97 Å². The highest BCUT2D eigenvalue weighted by atomic mass is 32.1. The lowest BCUT2D eigenvalue weighted by Crippen LogP contribution is -2.39. The number of carboxylic acid groups (broad SMARTS) is 1. The van der Waals surface area contributed by atoms with E-state index in [-0.39, 0.29) is 19.4 Å². The van der Waals surface area contributed by atoms with Crippen LogP contribution >= 0.6 is 11.3 Å². The Balaban J connectivity index is 3.12. The highest BCUT2D eigenvalue weighted by Crippen LogP contribution is 2.35. The number of carboxylic acids is 1. The van der Waals surface area contributed by atoms with Crippen LogP contribution in [-0.4, -0.2) is 23.5 Å². The lowest BCUT2D eigenvalue weighted by molar-refractivity contribution is -0.306. The Hall–Kier alpha value is -1.63. The topological polar surface area (TPSA) is 105 Å². The van der Waals surface area contributed by atoms with Gasteiger partial charge in [-0.25, -0.2) is 4.98 Å². The van der Waals surface area contributed by atoms with E-state index < -0.39 is 17.4 Å². The number of ether oxygens (including phenoxy) is 1. The molecule has 0 bridgehead atoms. The van der Waals surface area contributed by atoms with Crippen LogP contribution in [0.15, 0.2) is 5.38 Å². The maximum absolute atomic E-state index is 12.2. The molecule has 7 heteroatoms. The molecule has 19 heavy (non-hydrogen) atoms. The van der Waals surface area contributed by atoms with Crippen molar-refractivity contribution in [3.05, 3.63) is 11.1 Å². The summed E-state index contributed by atoms with van der Waals surface area (Å²) < 4.78 is 5.07. The first kappa shape index (κ1) is 15.4. The Morgan fingerprint density at radius 2 is 2.21 bits per heavy atom. The second-order valence-corrected chi connectivity index (χ2v) is 4.99. The number of nitrogens with two attached hydrogens (primary N) is 1. The molecule has 0 amide bonds. The van der Waals surface area contributed by atoms with E-state index in [4.69, 9.17) is 10.5 Å². The molecule has 0 aromatic carbocycles. The van der Waals surface area contributed by atoms with E-state index in [1.54, 1.807) is 19.2 Å². The number of thiazole rings is 1. The van der Waals surface area contributed by atoms with Crippen LogP contribution in [0.4, 0.5) is 5.13 Å². The number of anilines is 1. The van der Waals surface area contributed by atoms with E-state index in [1.165, 1.54) is 11.3 Å². The summed E-state index contributed by atoms with van der Waals surface area (Å²) in [5, 5.41) is 12.7. The smallest absolute Gasteiger partial charge is 0.318 e. The molecule has 0 fully saturated rings. The van der Waals surface area contributed by atoms with Crippen LogP contribution in [0, 0.1) is 0 Å². The predicted molar refractivity (Wildman–Crippen MR) is 69.4 cm³/mol. The number of nitrogen functional groups attached to an aromatic ring is 1. The number of hydrogen-bond acceptors (Lipinski definition) is 7. The van der Waals surface area contributed by atoms with Crippen LogP contribution in [-0.2, 0) is 19.7 Å². The van der Waals surface area contributed by atoms with Gasteiger partial charge < -0.3 is 20.4 Å². The predicted octanol–water partition coefficient (Wildman–Crippen LogP) is 0.466. The molecular formula is C12H17N2O4S-. The Labute approximate surface area is 115 Å². The summed E-state index contributed by atoms with van der Waals surface area (Å²) >= 11 is 1.21. The van der Waals surface area contributed by atoms with Gasteiger partial charge in [0.1, 0.15) is 5.41 Å². The molecule has 0 aliphatic carbocycles. The molecule has 1 atom stereocenters. The van der Waals surface area contributed by atoms with Gasteiger partial charge in [-0.2, -0.15) is 0 Å². The highest BCUT2D eigenvalue weighted by Gasteiger charge is 2.41. The summed E-state index contributed by atoms with van der Waals surface area (Å²) in [5.41, 5.74) is 4.99. The maximum atomic E-state index is 12.2. The number of aliphatic carboxylic acids is 1. The molecule has 1 aromatic heterocycles. The van der Waals surface area contributed by atoms with Crippen LogP contribution in [0.3, 0.4) is 0 Å². The Morgan fingerprint density at radius 1 is 1.53 bits per heavy atom. The normalized spacial score (nSPS) is 13.8. The van der Waals surface area contributed by atoms with Gasteiger partial charge in [-0.3, -0.25) is 4.79 Å². The van der Waals surface area contributed by atoms with Crippen LogP contribution in [0.1, 0.15) is 38.8 Å². The average molecular weight is 285 g/mol. The van der Waals surface area contributed by atoms with E-state index in [2.05, 4.69) is 4.98 Å². The van der Waals surface area contributed by atoms with Gasteiger partial charge in [-0.05, 0) is 26.2 Å². The summed E-state index contributed by atoms with van der Waals surface area (Å²) in [4.78, 5) is 27.0. The zero-order valence-electron chi connectivity index (χ0n) is 11.0. The molecule has 1 rings (SSSR count). The third-order valence-corrected chi connectivity index (χ3v) is 3.71. The molecular weight excluding hydrogens is 268 g/mol. The van der Waals surface area contributed by atoms with Crippen molar-refractivity contribution in [2.45, 2.75) is 38.5 Å². The van der Waals surface area contributed by atoms with Crippen molar-refractivity contribution in [2.75, 3.05) is 12.3 Å². The van der Waals surface area contributed by atoms with Gasteiger partial charge in [0.2, 0.25) is 0 Å². The zero-order chi connectivity index (χ0) is 14.5. The minimum absolute atomic E-state index is 0.0911. The largest absolute Gasteiger partial charge is 0.550 e. The molecule has 0 saturated carbocycles. The number of aromatic nitrogens is 1. The van der Waals surface area contributed by atoms with Crippen molar-refractivity contribution in [3.8, 4) is 0 Å². The van der Waals surface area contributed by atoms with E-state index in [0.717, 1.165) is 0 Å². The van der Waals surface area contributed by atoms with Crippen LogP contribution in [0.5, 0.6) is 0 Å². The number of esters is 1. The van der Waals surface area contributed by atoms with Gasteiger partial charge in [-0.1, -0.05) is 6.92 Å². The second-order valence-electron chi connectivity index (χ2n) is 4.10. The molecule has 1 aromatic rings. The molecule has 2 N–H and O–H groups in total. The molecule has 0 aliphatic rings. The molecule has 0 aliphatic heterocycles. The highest BCUT2D eigenvalue weighted by molar-refractivity contribution is 7.13. The molecule has 0 saturated heterocycles. The van der Waals surface area contributed by atoms with Crippen molar-refractivity contribution < 1.29 is 19.4 Å². The van der Waals surface area contributed by atoms with Crippen LogP contribution in [0.25, 0.3) is 0 Å². The van der Waals surface area contributed by atoms with Crippen LogP contribution < -0.4 is 10.8 Å². The third kappa shape index (κ3) is 3.44. The van der Waals surface area contributed by atoms with Crippen LogP contribution in [0.2, 0.25) is 0 Å². The zero-order valence-corrected chi connectivity index (χ0v) is 11.8. The molecule has 106 valence electrons. The molecule has 0 unspecified atom stereocenters. The molecule has 0 spiro atoms. The minimum atomic E-state index is -1.20. The van der Waals surface area contributed by atoms with E-state index in [9.17, 15) is 14.7 Å². The minimum Gasteiger partial charge on any atom is -0.550 e. The van der Waals surface area contributed by atoms with Gasteiger partial charge in [0, 0.05) is 11.3 Å². The summed E-state index contributed by atoms with van der Waals surface area (Å²) in [6.45, 7) is 3.72. The van der Waals surface area contributed by atoms with E-state index >= 15 is 0 Å². The fourth-order valence-corrected chi connectivity index (χ4v) is 2.59. The van der Waals surface area contributed by atoms with Gasteiger partial charge in [0.05, 0.1) is 12.3 Å². The van der Waals surface area contributed by atoms with E-state index in [1.807, 2.05) is 0 Å². The summed E-state index contributed by atoms with van der Waals surface area (Å²) in [5.74, 6) is -1.67. The molecule has 6 nitrogen and oxygen atoms in total. The Bertz CT molecular complexity index is 460. The van der Waals surface area contributed by atoms with Crippen molar-refractivity contribution in [3.63, 3.8) is 0 Å². The number of rotatable bonds is 7. The standard InChI is InChI=1S/C12H18N2O4S/c1-3-12(6-5-9(15)16,10(17)18-4-2)8-7-19-11(13)14-8/h7H,3-6H2,1-2H3,(H2,13,14)(H,15,16)/p-1/t12-/m0/s1. The summed E-state index contributed by atoms with van der Waals surface area (Å²) in [6.07, 6.45) is 0.250. The number of hydrogen-bond donors (Lipinski definition) is 1. The summed E-state index contributed by atoms with van der Waals surface area (Å²) in [6, 6.07) is 0. The van der Waals surface area contributed by atoms with Crippen molar-refractivity contribution in [1.29, 1.82) is 0 Å². The number of carbonyl (C=O) groups is 2.